The summed E-state index contributed by atoms with van der Waals surface area (Å²) >= 11 is 1.50. The second-order valence-electron chi connectivity index (χ2n) is 7.53. The first kappa shape index (κ1) is 20.8. The molecule has 1 unspecified atom stereocenters. The molecule has 2 aromatic carbocycles. The number of ether oxygens (including phenoxy) is 1. The first-order valence-electron chi connectivity index (χ1n) is 10.4. The molecule has 0 bridgehead atoms. The zero-order valence-corrected chi connectivity index (χ0v) is 18.6. The molecule has 1 atom stereocenters. The molecule has 0 aliphatic carbocycles. The Morgan fingerprint density at radius 2 is 1.91 bits per heavy atom. The third kappa shape index (κ3) is 4.33. The van der Waals surface area contributed by atoms with Crippen molar-refractivity contribution in [3.63, 3.8) is 0 Å². The van der Waals surface area contributed by atoms with Gasteiger partial charge in [-0.1, -0.05) is 24.3 Å². The monoisotopic (exact) mass is 456 g/mol. The van der Waals surface area contributed by atoms with Gasteiger partial charge in [-0.25, -0.2) is 4.98 Å². The minimum atomic E-state index is -0.678. The lowest BCUT2D eigenvalue weighted by atomic mass is 10.1. The Morgan fingerprint density at radius 3 is 2.70 bits per heavy atom. The summed E-state index contributed by atoms with van der Waals surface area (Å²) in [5.41, 5.74) is 3.62. The molecule has 7 nitrogen and oxygen atoms in total. The van der Waals surface area contributed by atoms with Crippen molar-refractivity contribution in [3.8, 4) is 27.7 Å². The number of thiazole rings is 1. The molecule has 0 saturated heterocycles. The maximum atomic E-state index is 12.9. The third-order valence-electron chi connectivity index (χ3n) is 5.21. The van der Waals surface area contributed by atoms with Crippen LogP contribution in [0.15, 0.2) is 78.3 Å². The third-order valence-corrected chi connectivity index (χ3v) is 6.08. The van der Waals surface area contributed by atoms with Crippen molar-refractivity contribution < 1.29 is 14.3 Å². The average Bonchev–Trinajstić information content (AvgIpc) is 3.33. The first-order chi connectivity index (χ1) is 16.1. The van der Waals surface area contributed by atoms with E-state index in [0.717, 1.165) is 22.0 Å². The molecule has 1 aliphatic heterocycles. The van der Waals surface area contributed by atoms with Crippen LogP contribution in [0.3, 0.4) is 0 Å². The van der Waals surface area contributed by atoms with Crippen molar-refractivity contribution >= 4 is 34.5 Å². The number of carbonyl (C=O) groups is 2. The number of carbonyl (C=O) groups excluding carboxylic acids is 2. The molecule has 0 saturated carbocycles. The summed E-state index contributed by atoms with van der Waals surface area (Å²) in [6.45, 7) is 1.56. The molecule has 33 heavy (non-hydrogen) atoms. The quantitative estimate of drug-likeness (QED) is 0.474. The zero-order valence-electron chi connectivity index (χ0n) is 17.8. The predicted molar refractivity (Wildman–Crippen MR) is 128 cm³/mol. The number of aromatic nitrogens is 2. The topological polar surface area (TPSA) is 84.4 Å². The van der Waals surface area contributed by atoms with E-state index in [2.05, 4.69) is 10.3 Å². The van der Waals surface area contributed by atoms with Gasteiger partial charge in [0, 0.05) is 22.8 Å². The number of nitrogens with one attached hydrogen (secondary N) is 1. The highest BCUT2D eigenvalue weighted by atomic mass is 32.1. The Hall–Kier alpha value is -4.04. The molecule has 3 heterocycles. The fourth-order valence-electron chi connectivity index (χ4n) is 3.61. The second-order valence-corrected chi connectivity index (χ2v) is 8.39. The molecular weight excluding hydrogens is 436 g/mol. The fraction of sp³-hybridized carbons (Fsp3) is 0.120. The van der Waals surface area contributed by atoms with Crippen LogP contribution in [0, 0.1) is 0 Å². The van der Waals surface area contributed by atoms with Crippen LogP contribution in [-0.4, -0.2) is 34.4 Å². The minimum absolute atomic E-state index is 0.117. The van der Waals surface area contributed by atoms with Gasteiger partial charge < -0.3 is 10.1 Å². The molecule has 0 fully saturated rings. The smallest absolute Gasteiger partial charge is 0.268 e. The molecule has 0 radical (unpaired) electrons. The first-order valence-corrected chi connectivity index (χ1v) is 11.3. The van der Waals surface area contributed by atoms with Gasteiger partial charge in [0.15, 0.2) is 6.10 Å². The average molecular weight is 457 g/mol. The number of hydrogen-bond acceptors (Lipinski definition) is 6. The number of anilines is 2. The zero-order chi connectivity index (χ0) is 22.8. The van der Waals surface area contributed by atoms with Gasteiger partial charge in [-0.3, -0.25) is 19.5 Å². The van der Waals surface area contributed by atoms with Crippen molar-refractivity contribution in [1.29, 1.82) is 0 Å². The van der Waals surface area contributed by atoms with E-state index >= 15 is 0 Å². The molecule has 2 aromatic heterocycles. The SMILES string of the molecule is CC1Oc2ccc(-c3csc(-c4ccccn4)n3)cc2N(CC(=O)Nc2ccccc2)C1=O. The van der Waals surface area contributed by atoms with Gasteiger partial charge in [0.25, 0.3) is 5.91 Å². The van der Waals surface area contributed by atoms with Crippen LogP contribution < -0.4 is 15.0 Å². The van der Waals surface area contributed by atoms with Gasteiger partial charge in [0.2, 0.25) is 5.91 Å². The number of para-hydroxylation sites is 1. The number of nitrogens with zero attached hydrogens (tertiary/aromatic N) is 3. The van der Waals surface area contributed by atoms with Crippen molar-refractivity contribution in [2.24, 2.45) is 0 Å². The highest BCUT2D eigenvalue weighted by molar-refractivity contribution is 7.13. The molecule has 2 amide bonds. The molecule has 164 valence electrons. The van der Waals surface area contributed by atoms with Crippen LogP contribution in [0.1, 0.15) is 6.92 Å². The van der Waals surface area contributed by atoms with Crippen LogP contribution in [0.2, 0.25) is 0 Å². The van der Waals surface area contributed by atoms with Gasteiger partial charge >= 0.3 is 0 Å². The summed E-state index contributed by atoms with van der Waals surface area (Å²) in [5.74, 6) is -0.0000427. The van der Waals surface area contributed by atoms with E-state index in [9.17, 15) is 9.59 Å². The molecule has 0 spiro atoms. The van der Waals surface area contributed by atoms with Gasteiger partial charge in [0.1, 0.15) is 17.3 Å². The highest BCUT2D eigenvalue weighted by Crippen LogP contribution is 2.38. The van der Waals surface area contributed by atoms with E-state index in [-0.39, 0.29) is 18.4 Å². The van der Waals surface area contributed by atoms with Gasteiger partial charge in [-0.05, 0) is 49.4 Å². The van der Waals surface area contributed by atoms with E-state index in [4.69, 9.17) is 9.72 Å². The van der Waals surface area contributed by atoms with E-state index < -0.39 is 6.10 Å². The van der Waals surface area contributed by atoms with Gasteiger partial charge in [-0.2, -0.15) is 0 Å². The maximum absolute atomic E-state index is 12.9. The fourth-order valence-corrected chi connectivity index (χ4v) is 4.41. The molecule has 1 N–H and O–H groups in total. The Balaban J connectivity index is 1.44. The molecule has 8 heteroatoms. The summed E-state index contributed by atoms with van der Waals surface area (Å²) in [5, 5.41) is 5.59. The number of rotatable bonds is 5. The maximum Gasteiger partial charge on any atom is 0.268 e. The summed E-state index contributed by atoms with van der Waals surface area (Å²) in [7, 11) is 0. The normalized spacial score (nSPS) is 15.0. The molecule has 5 rings (SSSR count). The van der Waals surface area contributed by atoms with Crippen LogP contribution in [-0.2, 0) is 9.59 Å². The summed E-state index contributed by atoms with van der Waals surface area (Å²) < 4.78 is 5.79. The van der Waals surface area contributed by atoms with Crippen molar-refractivity contribution in [2.45, 2.75) is 13.0 Å². The van der Waals surface area contributed by atoms with E-state index in [1.807, 2.05) is 60.0 Å². The van der Waals surface area contributed by atoms with Crippen molar-refractivity contribution in [1.82, 2.24) is 9.97 Å². The van der Waals surface area contributed by atoms with Crippen LogP contribution in [0.25, 0.3) is 22.0 Å². The lowest BCUT2D eigenvalue weighted by Gasteiger charge is -2.32. The van der Waals surface area contributed by atoms with Crippen LogP contribution in [0.4, 0.5) is 11.4 Å². The molecule has 4 aromatic rings. The number of pyridine rings is 1. The highest BCUT2D eigenvalue weighted by Gasteiger charge is 2.33. The predicted octanol–water partition coefficient (Wildman–Crippen LogP) is 4.62. The Labute approximate surface area is 194 Å². The van der Waals surface area contributed by atoms with Crippen molar-refractivity contribution in [3.05, 3.63) is 78.3 Å². The standard InChI is InChI=1S/C25H20N4O3S/c1-16-25(31)29(14-23(30)27-18-7-3-2-4-8-18)21-13-17(10-11-22(21)32-16)20-15-33-24(28-20)19-9-5-6-12-26-19/h2-13,15-16H,14H2,1H3,(H,27,30). The molecule has 1 aliphatic rings. The summed E-state index contributed by atoms with van der Waals surface area (Å²) in [6.07, 6.45) is 1.06. The number of amides is 2. The Kier molecular flexibility index (Phi) is 5.58. The van der Waals surface area contributed by atoms with E-state index in [1.54, 1.807) is 25.3 Å². The van der Waals surface area contributed by atoms with E-state index in [0.29, 0.717) is 17.1 Å². The lowest BCUT2D eigenvalue weighted by Crippen LogP contribution is -2.47. The molecular formula is C25H20N4O3S. The van der Waals surface area contributed by atoms with Crippen molar-refractivity contribution in [2.75, 3.05) is 16.8 Å². The number of benzene rings is 2. The summed E-state index contributed by atoms with van der Waals surface area (Å²) in [6, 6.07) is 20.4. The van der Waals surface area contributed by atoms with Crippen LogP contribution >= 0.6 is 11.3 Å². The number of fused-ring (bicyclic) bond motifs is 1. The number of hydrogen-bond donors (Lipinski definition) is 1. The minimum Gasteiger partial charge on any atom is -0.479 e. The summed E-state index contributed by atoms with van der Waals surface area (Å²) in [4.78, 5) is 36.1. The van der Waals surface area contributed by atoms with Gasteiger partial charge in [-0.15, -0.1) is 11.3 Å². The van der Waals surface area contributed by atoms with E-state index in [1.165, 1.54) is 16.2 Å². The van der Waals surface area contributed by atoms with Crippen LogP contribution in [0.5, 0.6) is 5.75 Å². The second kappa shape index (κ2) is 8.84. The Bertz CT molecular complexity index is 1310. The lowest BCUT2D eigenvalue weighted by molar-refractivity contribution is -0.127. The largest absolute Gasteiger partial charge is 0.479 e. The van der Waals surface area contributed by atoms with Gasteiger partial charge in [0.05, 0.1) is 17.1 Å². The Morgan fingerprint density at radius 1 is 1.09 bits per heavy atom.